The van der Waals surface area contributed by atoms with E-state index in [4.69, 9.17) is 4.74 Å². The maximum atomic E-state index is 12.5. The molecule has 0 fully saturated rings. The zero-order valence-corrected chi connectivity index (χ0v) is 35.0. The molecule has 0 spiro atoms. The molecule has 0 aliphatic carbocycles. The lowest BCUT2D eigenvalue weighted by molar-refractivity contribution is -0.148. The quantitative estimate of drug-likeness (QED) is 0.132. The number of aliphatic imine (C=N–C) groups is 2. The summed E-state index contributed by atoms with van der Waals surface area (Å²) in [5.41, 5.74) is 1.85. The van der Waals surface area contributed by atoms with Crippen LogP contribution in [0.1, 0.15) is 162 Å². The Morgan fingerprint density at radius 1 is 0.898 bits per heavy atom. The van der Waals surface area contributed by atoms with E-state index in [-0.39, 0.29) is 30.5 Å². The molecular weight excluding hydrogens is 637 g/mol. The highest BCUT2D eigenvalue weighted by molar-refractivity contribution is 8.13. The van der Waals surface area contributed by atoms with Gasteiger partial charge in [0.25, 0.3) is 0 Å². The Labute approximate surface area is 306 Å². The zero-order valence-electron chi connectivity index (χ0n) is 34.2. The molecule has 2 amide bonds. The second-order valence-electron chi connectivity index (χ2n) is 9.95. The van der Waals surface area contributed by atoms with Crippen LogP contribution in [0.3, 0.4) is 0 Å². The summed E-state index contributed by atoms with van der Waals surface area (Å²) in [5.74, 6) is -0.748. The van der Waals surface area contributed by atoms with Gasteiger partial charge in [-0.25, -0.2) is 0 Å². The van der Waals surface area contributed by atoms with Crippen molar-refractivity contribution in [2.45, 2.75) is 174 Å². The number of cyclic esters (lactones) is 1. The maximum Gasteiger partial charge on any atom is 0.326 e. The van der Waals surface area contributed by atoms with Gasteiger partial charge >= 0.3 is 5.97 Å². The number of carbonyl (C=O) groups is 4. The summed E-state index contributed by atoms with van der Waals surface area (Å²) in [5, 5.41) is 5.52. The van der Waals surface area contributed by atoms with E-state index in [9.17, 15) is 19.2 Å². The predicted octanol–water partition coefficient (Wildman–Crippen LogP) is 9.84. The Bertz CT molecular complexity index is 946. The number of rotatable bonds is 10. The fraction of sp³-hybridized carbons (Fsp3) is 0.744. The van der Waals surface area contributed by atoms with Crippen LogP contribution in [0.2, 0.25) is 0 Å². The van der Waals surface area contributed by atoms with Crippen molar-refractivity contribution in [2.75, 3.05) is 18.8 Å². The summed E-state index contributed by atoms with van der Waals surface area (Å²) < 4.78 is 5.45. The minimum Gasteiger partial charge on any atom is -0.456 e. The Balaban J connectivity index is -0.000000526. The molecule has 1 aliphatic rings. The second kappa shape index (κ2) is 43.3. The molecule has 1 rings (SSSR count). The van der Waals surface area contributed by atoms with Crippen molar-refractivity contribution in [3.05, 3.63) is 23.9 Å². The van der Waals surface area contributed by atoms with Crippen molar-refractivity contribution in [1.82, 2.24) is 10.6 Å². The average molecular weight is 713 g/mol. The van der Waals surface area contributed by atoms with Crippen LogP contribution in [0.4, 0.5) is 0 Å². The minimum atomic E-state index is -0.799. The first-order chi connectivity index (χ1) is 23.6. The van der Waals surface area contributed by atoms with E-state index in [1.54, 1.807) is 32.9 Å². The van der Waals surface area contributed by atoms with Gasteiger partial charge in [0, 0.05) is 17.9 Å². The number of hydrogen-bond acceptors (Lipinski definition) is 8. The Hall–Kier alpha value is -2.75. The Morgan fingerprint density at radius 2 is 1.47 bits per heavy atom. The highest BCUT2D eigenvalue weighted by Gasteiger charge is 2.19. The number of nitrogens with zero attached hydrogens (tertiary/aromatic N) is 2. The molecule has 0 aromatic carbocycles. The van der Waals surface area contributed by atoms with E-state index in [2.05, 4.69) is 41.4 Å². The fourth-order valence-corrected chi connectivity index (χ4v) is 4.37. The van der Waals surface area contributed by atoms with Gasteiger partial charge in [0.2, 0.25) is 11.8 Å². The van der Waals surface area contributed by atoms with Crippen molar-refractivity contribution in [2.24, 2.45) is 9.98 Å². The first-order valence-electron chi connectivity index (χ1n) is 18.9. The van der Waals surface area contributed by atoms with Crippen molar-refractivity contribution in [3.8, 4) is 0 Å². The number of ether oxygens (including phenoxy) is 1. The molecule has 0 radical (unpaired) electrons. The normalized spacial score (nSPS) is 17.5. The molecule has 10 heteroatoms. The lowest BCUT2D eigenvalue weighted by Gasteiger charge is -2.16. The van der Waals surface area contributed by atoms with Crippen molar-refractivity contribution >= 4 is 46.1 Å². The lowest BCUT2D eigenvalue weighted by Crippen LogP contribution is -2.38. The van der Waals surface area contributed by atoms with E-state index in [0.717, 1.165) is 12.8 Å². The standard InChI is InChI=1S/C28H44N4O5S.C3H8.4C2H6/c1-6-8-9-10-11-15-27(35)38-16-13-12-14-23-17-25(33)29-18-20(3)31-24(7-2)21(4)32-22(5)28(36)30-19-26(34)37-23;1-3-2;4*1-2/h7,12,14,22-23H,6,8-11,13,15-19H2,1-5H3,(H,29,33)(H,30,36);3H2,1-2H3;4*1-2H3/b14-12+,24-7-,31-20?,32-21?;;;;;/t22-,23-;;;;;/m1...../s1. The van der Waals surface area contributed by atoms with Gasteiger partial charge < -0.3 is 15.4 Å². The third-order valence-corrected chi connectivity index (χ3v) is 6.69. The van der Waals surface area contributed by atoms with Crippen LogP contribution < -0.4 is 10.6 Å². The molecule has 2 atom stereocenters. The van der Waals surface area contributed by atoms with Crippen LogP contribution >= 0.6 is 11.8 Å². The van der Waals surface area contributed by atoms with Crippen molar-refractivity contribution in [1.29, 1.82) is 0 Å². The molecule has 9 nitrogen and oxygen atoms in total. The van der Waals surface area contributed by atoms with Crippen molar-refractivity contribution < 1.29 is 23.9 Å². The third kappa shape index (κ3) is 36.4. The van der Waals surface area contributed by atoms with Crippen LogP contribution in [0.15, 0.2) is 33.9 Å². The van der Waals surface area contributed by atoms with Crippen LogP contribution in [-0.2, 0) is 23.9 Å². The molecule has 0 bridgehead atoms. The number of esters is 1. The molecule has 49 heavy (non-hydrogen) atoms. The number of allylic oxidation sites excluding steroid dienone is 3. The molecule has 0 saturated heterocycles. The number of amides is 2. The van der Waals surface area contributed by atoms with Gasteiger partial charge in [-0.2, -0.15) is 0 Å². The Morgan fingerprint density at radius 3 is 2.02 bits per heavy atom. The summed E-state index contributed by atoms with van der Waals surface area (Å²) in [4.78, 5) is 58.3. The first-order valence-corrected chi connectivity index (χ1v) is 19.9. The number of thioether (sulfide) groups is 1. The number of carbonyl (C=O) groups excluding carboxylic acids is 4. The van der Waals surface area contributed by atoms with Crippen LogP contribution in [0.25, 0.3) is 0 Å². The van der Waals surface area contributed by atoms with Gasteiger partial charge in [0.1, 0.15) is 18.7 Å². The summed E-state index contributed by atoms with van der Waals surface area (Å²) >= 11 is 1.30. The number of nitrogens with one attached hydrogen (secondary N) is 2. The SMILES string of the molecule is C/C=C1\N=C(C)CNC(=O)C[C@@H](/C=C/CCSC(=O)CCCCCCC)OC(=O)CNC(=O)[C@@H](C)N=C1C.CC.CC.CC.CC.CCC. The molecule has 1 aliphatic heterocycles. The lowest BCUT2D eigenvalue weighted by atomic mass is 10.1. The first kappa shape index (κ1) is 55.7. The zero-order chi connectivity index (χ0) is 39.0. The Kier molecular flexibility index (Phi) is 49.1. The van der Waals surface area contributed by atoms with E-state index >= 15 is 0 Å². The molecular formula is C39H76N4O5S. The van der Waals surface area contributed by atoms with Gasteiger partial charge in [0.05, 0.1) is 24.4 Å². The van der Waals surface area contributed by atoms with Gasteiger partial charge in [0.15, 0.2) is 5.12 Å². The fourth-order valence-electron chi connectivity index (χ4n) is 3.60. The highest BCUT2D eigenvalue weighted by Crippen LogP contribution is 2.13. The predicted molar refractivity (Wildman–Crippen MR) is 216 cm³/mol. The molecule has 0 aromatic rings. The van der Waals surface area contributed by atoms with E-state index in [0.29, 0.717) is 35.7 Å². The van der Waals surface area contributed by atoms with Gasteiger partial charge in [-0.15, -0.1) is 0 Å². The topological polar surface area (TPSA) is 126 Å². The molecule has 2 N–H and O–H groups in total. The summed E-state index contributed by atoms with van der Waals surface area (Å²) in [6.45, 7) is 29.3. The van der Waals surface area contributed by atoms with E-state index in [1.807, 2.05) is 68.4 Å². The summed E-state index contributed by atoms with van der Waals surface area (Å²) in [6.07, 6.45) is 12.4. The van der Waals surface area contributed by atoms with Crippen molar-refractivity contribution in [3.63, 3.8) is 0 Å². The molecule has 288 valence electrons. The minimum absolute atomic E-state index is 0.0688. The van der Waals surface area contributed by atoms with E-state index < -0.39 is 24.0 Å². The van der Waals surface area contributed by atoms with Gasteiger partial charge in [-0.1, -0.05) is 132 Å². The summed E-state index contributed by atoms with van der Waals surface area (Å²) in [7, 11) is 0. The average Bonchev–Trinajstić information content (AvgIpc) is 3.11. The van der Waals surface area contributed by atoms with E-state index in [1.165, 1.54) is 37.4 Å². The largest absolute Gasteiger partial charge is 0.456 e. The maximum absolute atomic E-state index is 12.5. The van der Waals surface area contributed by atoms with Crippen LogP contribution in [-0.4, -0.2) is 65.3 Å². The summed E-state index contributed by atoms with van der Waals surface area (Å²) in [6, 6.07) is -0.715. The molecule has 0 saturated carbocycles. The molecule has 1 heterocycles. The van der Waals surface area contributed by atoms with Crippen LogP contribution in [0.5, 0.6) is 0 Å². The third-order valence-electron chi connectivity index (χ3n) is 5.72. The van der Waals surface area contributed by atoms with Gasteiger partial charge in [-0.05, 0) is 46.6 Å². The highest BCUT2D eigenvalue weighted by atomic mass is 32.2. The molecule has 0 unspecified atom stereocenters. The van der Waals surface area contributed by atoms with Gasteiger partial charge in [-0.3, -0.25) is 29.2 Å². The monoisotopic (exact) mass is 713 g/mol. The van der Waals surface area contributed by atoms with Crippen LogP contribution in [0, 0.1) is 0 Å². The number of unbranched alkanes of at least 4 members (excludes halogenated alkanes) is 4. The number of hydrogen-bond donors (Lipinski definition) is 2. The molecule has 0 aromatic heterocycles. The second-order valence-corrected chi connectivity index (χ2v) is 11.1. The smallest absolute Gasteiger partial charge is 0.326 e.